The monoisotopic (exact) mass is 282 g/mol. The van der Waals surface area contributed by atoms with E-state index in [0.29, 0.717) is 25.4 Å². The van der Waals surface area contributed by atoms with Crippen molar-refractivity contribution in [1.82, 2.24) is 10.6 Å². The normalized spacial score (nSPS) is 15.6. The van der Waals surface area contributed by atoms with Gasteiger partial charge in [-0.1, -0.05) is 18.6 Å². The van der Waals surface area contributed by atoms with Crippen molar-refractivity contribution >= 4 is 12.0 Å². The van der Waals surface area contributed by atoms with E-state index in [0.717, 1.165) is 12.8 Å². The third-order valence-electron chi connectivity index (χ3n) is 3.64. The Bertz CT molecular complexity index is 353. The Hall–Kier alpha value is -1.52. The molecular weight excluding hydrogens is 256 g/mol. The molecule has 0 aromatic carbocycles. The maximum atomic E-state index is 11.5. The minimum absolute atomic E-state index is 0.131. The molecule has 1 atom stereocenters. The first-order valence-corrected chi connectivity index (χ1v) is 7.49. The quantitative estimate of drug-likeness (QED) is 0.569. The van der Waals surface area contributed by atoms with Crippen LogP contribution in [0.1, 0.15) is 51.9 Å². The molecule has 0 radical (unpaired) electrons. The van der Waals surface area contributed by atoms with Crippen LogP contribution in [0.2, 0.25) is 0 Å². The molecular formula is C15H26N2O3. The number of rotatable bonds is 9. The van der Waals surface area contributed by atoms with Crippen molar-refractivity contribution < 1.29 is 14.7 Å². The Morgan fingerprint density at radius 3 is 2.70 bits per heavy atom. The Morgan fingerprint density at radius 2 is 2.05 bits per heavy atom. The number of hydrogen-bond donors (Lipinski definition) is 3. The smallest absolute Gasteiger partial charge is 0.314 e. The van der Waals surface area contributed by atoms with E-state index in [9.17, 15) is 9.59 Å². The number of urea groups is 1. The lowest BCUT2D eigenvalue weighted by Gasteiger charge is -2.11. The maximum absolute atomic E-state index is 11.5. The molecule has 114 valence electrons. The molecule has 0 heterocycles. The summed E-state index contributed by atoms with van der Waals surface area (Å²) in [5, 5.41) is 14.2. The van der Waals surface area contributed by atoms with Crippen molar-refractivity contribution in [1.29, 1.82) is 0 Å². The van der Waals surface area contributed by atoms with Crippen molar-refractivity contribution in [2.75, 3.05) is 13.1 Å². The molecule has 20 heavy (non-hydrogen) atoms. The molecule has 0 saturated heterocycles. The lowest BCUT2D eigenvalue weighted by molar-refractivity contribution is -0.137. The van der Waals surface area contributed by atoms with Crippen LogP contribution in [0.15, 0.2) is 11.6 Å². The number of aliphatic carboxylic acids is 1. The summed E-state index contributed by atoms with van der Waals surface area (Å²) < 4.78 is 0. The van der Waals surface area contributed by atoms with Gasteiger partial charge in [-0.2, -0.15) is 0 Å². The molecule has 1 unspecified atom stereocenters. The van der Waals surface area contributed by atoms with E-state index in [-0.39, 0.29) is 12.5 Å². The molecule has 0 spiro atoms. The van der Waals surface area contributed by atoms with Crippen LogP contribution in [0.25, 0.3) is 0 Å². The van der Waals surface area contributed by atoms with Crippen LogP contribution in [-0.4, -0.2) is 30.2 Å². The predicted octanol–water partition coefficient (Wildman–Crippen LogP) is 2.68. The van der Waals surface area contributed by atoms with Gasteiger partial charge in [0.15, 0.2) is 0 Å². The van der Waals surface area contributed by atoms with E-state index >= 15 is 0 Å². The summed E-state index contributed by atoms with van der Waals surface area (Å²) in [6.45, 7) is 3.29. The molecule has 5 nitrogen and oxygen atoms in total. The first-order chi connectivity index (χ1) is 9.58. The van der Waals surface area contributed by atoms with Gasteiger partial charge in [0.25, 0.3) is 0 Å². The Morgan fingerprint density at radius 1 is 1.30 bits per heavy atom. The van der Waals surface area contributed by atoms with Gasteiger partial charge < -0.3 is 15.7 Å². The second-order valence-electron chi connectivity index (χ2n) is 5.51. The minimum Gasteiger partial charge on any atom is -0.481 e. The lowest BCUT2D eigenvalue weighted by atomic mass is 10.0. The maximum Gasteiger partial charge on any atom is 0.314 e. The molecule has 0 aromatic rings. The topological polar surface area (TPSA) is 78.4 Å². The molecule has 3 N–H and O–H groups in total. The van der Waals surface area contributed by atoms with Crippen LogP contribution in [0.4, 0.5) is 4.79 Å². The fraction of sp³-hybridized carbons (Fsp3) is 0.733. The summed E-state index contributed by atoms with van der Waals surface area (Å²) in [6, 6.07) is -0.131. The van der Waals surface area contributed by atoms with Crippen molar-refractivity contribution in [3.63, 3.8) is 0 Å². The van der Waals surface area contributed by atoms with Gasteiger partial charge in [0, 0.05) is 19.5 Å². The summed E-state index contributed by atoms with van der Waals surface area (Å²) in [5.74, 6) is -0.446. The molecule has 0 bridgehead atoms. The van der Waals surface area contributed by atoms with Gasteiger partial charge in [0.1, 0.15) is 0 Å². The highest BCUT2D eigenvalue weighted by Gasteiger charge is 2.07. The van der Waals surface area contributed by atoms with Crippen LogP contribution in [-0.2, 0) is 4.79 Å². The molecule has 1 aliphatic rings. The number of carboxylic acid groups (broad SMARTS) is 1. The van der Waals surface area contributed by atoms with E-state index in [1.54, 1.807) is 0 Å². The number of nitrogens with one attached hydrogen (secondary N) is 2. The van der Waals surface area contributed by atoms with Crippen LogP contribution in [0.3, 0.4) is 0 Å². The van der Waals surface area contributed by atoms with E-state index in [1.165, 1.54) is 24.8 Å². The average Bonchev–Trinajstić information content (AvgIpc) is 2.89. The van der Waals surface area contributed by atoms with Gasteiger partial charge in [-0.05, 0) is 44.4 Å². The lowest BCUT2D eigenvalue weighted by Crippen LogP contribution is -2.37. The van der Waals surface area contributed by atoms with Crippen LogP contribution >= 0.6 is 0 Å². The molecule has 0 saturated carbocycles. The third kappa shape index (κ3) is 7.81. The molecule has 0 fully saturated rings. The van der Waals surface area contributed by atoms with Crippen LogP contribution < -0.4 is 10.6 Å². The van der Waals surface area contributed by atoms with E-state index in [1.807, 2.05) is 6.92 Å². The summed E-state index contributed by atoms with van der Waals surface area (Å²) in [5.41, 5.74) is 1.45. The van der Waals surface area contributed by atoms with Crippen molar-refractivity contribution in [2.45, 2.75) is 51.9 Å². The van der Waals surface area contributed by atoms with Gasteiger partial charge in [-0.3, -0.25) is 4.79 Å². The summed E-state index contributed by atoms with van der Waals surface area (Å²) in [4.78, 5) is 22.0. The molecule has 5 heteroatoms. The number of allylic oxidation sites excluding steroid dienone is 1. The second kappa shape index (κ2) is 9.39. The Kier molecular flexibility index (Phi) is 7.77. The number of carboxylic acids is 1. The summed E-state index contributed by atoms with van der Waals surface area (Å²) >= 11 is 0. The van der Waals surface area contributed by atoms with E-state index < -0.39 is 5.97 Å². The largest absolute Gasteiger partial charge is 0.481 e. The fourth-order valence-electron chi connectivity index (χ4n) is 2.31. The van der Waals surface area contributed by atoms with Crippen molar-refractivity contribution in [3.8, 4) is 0 Å². The molecule has 0 aromatic heterocycles. The van der Waals surface area contributed by atoms with Gasteiger partial charge in [0.2, 0.25) is 0 Å². The highest BCUT2D eigenvalue weighted by Crippen LogP contribution is 2.19. The molecule has 1 aliphatic carbocycles. The minimum atomic E-state index is -0.760. The van der Waals surface area contributed by atoms with Crippen LogP contribution in [0, 0.1) is 5.92 Å². The predicted molar refractivity (Wildman–Crippen MR) is 78.6 cm³/mol. The first kappa shape index (κ1) is 16.5. The van der Waals surface area contributed by atoms with Crippen molar-refractivity contribution in [2.24, 2.45) is 5.92 Å². The summed E-state index contributed by atoms with van der Waals surface area (Å²) in [6.07, 6.45) is 8.48. The molecule has 0 aliphatic heterocycles. The number of hydrogen-bond acceptors (Lipinski definition) is 2. The standard InChI is InChI=1S/C15H26N2O3/c1-12(6-7-14(18)19)8-10-16-15(20)17-11-9-13-4-2-3-5-13/h4,12H,2-3,5-11H2,1H3,(H,18,19)(H2,16,17,20). The first-order valence-electron chi connectivity index (χ1n) is 7.49. The van der Waals surface area contributed by atoms with Gasteiger partial charge >= 0.3 is 12.0 Å². The zero-order valence-electron chi connectivity index (χ0n) is 12.3. The number of amides is 2. The zero-order valence-corrected chi connectivity index (χ0v) is 12.3. The highest BCUT2D eigenvalue weighted by atomic mass is 16.4. The second-order valence-corrected chi connectivity index (χ2v) is 5.51. The van der Waals surface area contributed by atoms with Crippen LogP contribution in [0.5, 0.6) is 0 Å². The highest BCUT2D eigenvalue weighted by molar-refractivity contribution is 5.73. The zero-order chi connectivity index (χ0) is 14.8. The summed E-state index contributed by atoms with van der Waals surface area (Å²) in [7, 11) is 0. The van der Waals surface area contributed by atoms with Gasteiger partial charge in [-0.15, -0.1) is 0 Å². The SMILES string of the molecule is CC(CCNC(=O)NCCC1=CCCC1)CCC(=O)O. The third-order valence-corrected chi connectivity index (χ3v) is 3.64. The van der Waals surface area contributed by atoms with Gasteiger partial charge in [0.05, 0.1) is 0 Å². The number of carbonyl (C=O) groups is 2. The average molecular weight is 282 g/mol. The molecule has 1 rings (SSSR count). The Labute approximate surface area is 120 Å². The van der Waals surface area contributed by atoms with Crippen molar-refractivity contribution in [3.05, 3.63) is 11.6 Å². The Balaban J connectivity index is 1.97. The number of carbonyl (C=O) groups excluding carboxylic acids is 1. The fourth-order valence-corrected chi connectivity index (χ4v) is 2.31. The molecule has 2 amide bonds. The van der Waals surface area contributed by atoms with E-state index in [4.69, 9.17) is 5.11 Å². The van der Waals surface area contributed by atoms with E-state index in [2.05, 4.69) is 16.7 Å². The van der Waals surface area contributed by atoms with Gasteiger partial charge in [-0.25, -0.2) is 4.79 Å².